The summed E-state index contributed by atoms with van der Waals surface area (Å²) in [4.78, 5) is 17.9. The molecule has 0 spiro atoms. The van der Waals surface area contributed by atoms with Crippen LogP contribution < -0.4 is 20.3 Å². The summed E-state index contributed by atoms with van der Waals surface area (Å²) in [6.45, 7) is 3.49. The van der Waals surface area contributed by atoms with E-state index >= 15 is 0 Å². The third kappa shape index (κ3) is 3.48. The maximum Gasteiger partial charge on any atom is 0.222 e. The molecule has 0 bridgehead atoms. The summed E-state index contributed by atoms with van der Waals surface area (Å²) in [6, 6.07) is 14.2. The number of benzene rings is 1. The Kier molecular flexibility index (Phi) is 4.74. The van der Waals surface area contributed by atoms with Gasteiger partial charge in [-0.25, -0.2) is 15.0 Å². The summed E-state index contributed by atoms with van der Waals surface area (Å²) in [6.07, 6.45) is 3.36. The van der Waals surface area contributed by atoms with Crippen molar-refractivity contribution >= 4 is 17.3 Å². The van der Waals surface area contributed by atoms with E-state index < -0.39 is 0 Å². The average molecular weight is 362 g/mol. The molecule has 7 nitrogen and oxygen atoms in total. The zero-order valence-electron chi connectivity index (χ0n) is 15.2. The fourth-order valence-electron chi connectivity index (χ4n) is 3.31. The SMILES string of the molecule is COc1ncccc1-c1cnc(N)c(N2CCN(c3ccccc3)CC2)n1. The van der Waals surface area contributed by atoms with E-state index in [2.05, 4.69) is 44.0 Å². The van der Waals surface area contributed by atoms with Crippen LogP contribution in [0.2, 0.25) is 0 Å². The molecule has 4 rings (SSSR count). The van der Waals surface area contributed by atoms with E-state index in [1.807, 2.05) is 18.2 Å². The lowest BCUT2D eigenvalue weighted by Crippen LogP contribution is -2.47. The molecular formula is C20H22N6O. The van der Waals surface area contributed by atoms with Gasteiger partial charge in [0, 0.05) is 38.1 Å². The summed E-state index contributed by atoms with van der Waals surface area (Å²) >= 11 is 0. The quantitative estimate of drug-likeness (QED) is 0.763. The lowest BCUT2D eigenvalue weighted by atomic mass is 10.2. The average Bonchev–Trinajstić information content (AvgIpc) is 2.75. The first-order valence-electron chi connectivity index (χ1n) is 8.93. The normalized spacial score (nSPS) is 14.3. The second-order valence-corrected chi connectivity index (χ2v) is 6.33. The minimum absolute atomic E-state index is 0.440. The van der Waals surface area contributed by atoms with E-state index in [1.165, 1.54) is 5.69 Å². The molecule has 2 aromatic heterocycles. The number of nitrogens with two attached hydrogens (primary N) is 1. The number of nitrogens with zero attached hydrogens (tertiary/aromatic N) is 5. The van der Waals surface area contributed by atoms with Crippen molar-refractivity contribution in [1.82, 2.24) is 15.0 Å². The molecule has 1 aliphatic rings. The Hall–Kier alpha value is -3.35. The van der Waals surface area contributed by atoms with Crippen LogP contribution in [0, 0.1) is 0 Å². The fraction of sp³-hybridized carbons (Fsp3) is 0.250. The van der Waals surface area contributed by atoms with Crippen molar-refractivity contribution in [2.45, 2.75) is 0 Å². The minimum atomic E-state index is 0.440. The van der Waals surface area contributed by atoms with Gasteiger partial charge in [0.1, 0.15) is 0 Å². The molecule has 138 valence electrons. The molecule has 0 amide bonds. The molecule has 1 aromatic carbocycles. The first kappa shape index (κ1) is 17.1. The molecule has 2 N–H and O–H groups in total. The van der Waals surface area contributed by atoms with E-state index in [-0.39, 0.29) is 0 Å². The van der Waals surface area contributed by atoms with Gasteiger partial charge >= 0.3 is 0 Å². The van der Waals surface area contributed by atoms with Crippen LogP contribution in [0.25, 0.3) is 11.3 Å². The molecule has 0 saturated carbocycles. The standard InChI is InChI=1S/C20H22N6O/c1-27-20-16(8-5-9-22-20)17-14-23-18(21)19(24-17)26-12-10-25(11-13-26)15-6-3-2-4-7-15/h2-9,14H,10-13H2,1H3,(H2,21,23). The van der Waals surface area contributed by atoms with Crippen LogP contribution in [0.15, 0.2) is 54.9 Å². The zero-order chi connectivity index (χ0) is 18.6. The molecule has 1 aliphatic heterocycles. The number of hydrogen-bond donors (Lipinski definition) is 1. The van der Waals surface area contributed by atoms with Gasteiger partial charge in [0.25, 0.3) is 0 Å². The third-order valence-electron chi connectivity index (χ3n) is 4.72. The molecule has 7 heteroatoms. The van der Waals surface area contributed by atoms with E-state index in [9.17, 15) is 0 Å². The molecule has 0 aliphatic carbocycles. The number of rotatable bonds is 4. The monoisotopic (exact) mass is 362 g/mol. The molecule has 3 heterocycles. The summed E-state index contributed by atoms with van der Waals surface area (Å²) in [5, 5.41) is 0. The number of ether oxygens (including phenoxy) is 1. The number of piperazine rings is 1. The number of para-hydroxylation sites is 1. The van der Waals surface area contributed by atoms with E-state index in [0.29, 0.717) is 23.2 Å². The zero-order valence-corrected chi connectivity index (χ0v) is 15.2. The highest BCUT2D eigenvalue weighted by molar-refractivity contribution is 5.69. The Morgan fingerprint density at radius 1 is 0.926 bits per heavy atom. The van der Waals surface area contributed by atoms with Gasteiger partial charge in [-0.2, -0.15) is 0 Å². The van der Waals surface area contributed by atoms with Gasteiger partial charge in [0.15, 0.2) is 11.6 Å². The Balaban J connectivity index is 1.56. The molecule has 1 fully saturated rings. The number of aromatic nitrogens is 3. The summed E-state index contributed by atoms with van der Waals surface area (Å²) < 4.78 is 5.35. The van der Waals surface area contributed by atoms with Crippen LogP contribution in [0.1, 0.15) is 0 Å². The molecule has 3 aromatic rings. The minimum Gasteiger partial charge on any atom is -0.481 e. The van der Waals surface area contributed by atoms with Gasteiger partial charge in [0.2, 0.25) is 5.88 Å². The number of pyridine rings is 1. The van der Waals surface area contributed by atoms with Crippen LogP contribution in [0.5, 0.6) is 5.88 Å². The highest BCUT2D eigenvalue weighted by Gasteiger charge is 2.21. The van der Waals surface area contributed by atoms with E-state index in [1.54, 1.807) is 19.5 Å². The third-order valence-corrected chi connectivity index (χ3v) is 4.72. The van der Waals surface area contributed by atoms with Crippen LogP contribution in [0.4, 0.5) is 17.3 Å². The Bertz CT molecular complexity index is 909. The van der Waals surface area contributed by atoms with Crippen molar-refractivity contribution in [1.29, 1.82) is 0 Å². The van der Waals surface area contributed by atoms with E-state index in [0.717, 1.165) is 31.7 Å². The topological polar surface area (TPSA) is 80.4 Å². The van der Waals surface area contributed by atoms with Gasteiger partial charge in [-0.05, 0) is 24.3 Å². The van der Waals surface area contributed by atoms with Crippen LogP contribution in [-0.4, -0.2) is 48.2 Å². The highest BCUT2D eigenvalue weighted by Crippen LogP contribution is 2.29. The van der Waals surface area contributed by atoms with Crippen molar-refractivity contribution in [2.75, 3.05) is 48.8 Å². The van der Waals surface area contributed by atoms with Crippen molar-refractivity contribution in [3.8, 4) is 17.1 Å². The number of nitrogen functional groups attached to an aromatic ring is 1. The Labute approximate surface area is 158 Å². The van der Waals surface area contributed by atoms with Gasteiger partial charge < -0.3 is 20.3 Å². The molecule has 1 saturated heterocycles. The first-order valence-corrected chi connectivity index (χ1v) is 8.93. The lowest BCUT2D eigenvalue weighted by Gasteiger charge is -2.37. The van der Waals surface area contributed by atoms with Crippen molar-refractivity contribution in [3.05, 3.63) is 54.9 Å². The van der Waals surface area contributed by atoms with E-state index in [4.69, 9.17) is 15.5 Å². The summed E-state index contributed by atoms with van der Waals surface area (Å²) in [5.74, 6) is 1.68. The first-order chi connectivity index (χ1) is 13.3. The predicted octanol–water partition coefficient (Wildman–Crippen LogP) is 2.46. The smallest absolute Gasteiger partial charge is 0.222 e. The molecule has 27 heavy (non-hydrogen) atoms. The highest BCUT2D eigenvalue weighted by atomic mass is 16.5. The largest absolute Gasteiger partial charge is 0.481 e. The molecule has 0 radical (unpaired) electrons. The van der Waals surface area contributed by atoms with Crippen LogP contribution in [0.3, 0.4) is 0 Å². The summed E-state index contributed by atoms with van der Waals surface area (Å²) in [5.41, 5.74) is 8.89. The van der Waals surface area contributed by atoms with Gasteiger partial charge in [-0.3, -0.25) is 0 Å². The number of anilines is 3. The van der Waals surface area contributed by atoms with Gasteiger partial charge in [0.05, 0.1) is 24.6 Å². The molecule has 0 unspecified atom stereocenters. The number of hydrogen-bond acceptors (Lipinski definition) is 7. The van der Waals surface area contributed by atoms with Crippen LogP contribution in [-0.2, 0) is 0 Å². The second kappa shape index (κ2) is 7.49. The summed E-state index contributed by atoms with van der Waals surface area (Å²) in [7, 11) is 1.60. The fourth-order valence-corrected chi connectivity index (χ4v) is 3.31. The lowest BCUT2D eigenvalue weighted by molar-refractivity contribution is 0.399. The van der Waals surface area contributed by atoms with Crippen LogP contribution >= 0.6 is 0 Å². The predicted molar refractivity (Wildman–Crippen MR) is 107 cm³/mol. The second-order valence-electron chi connectivity index (χ2n) is 6.33. The van der Waals surface area contributed by atoms with Crippen molar-refractivity contribution in [3.63, 3.8) is 0 Å². The Morgan fingerprint density at radius 2 is 1.67 bits per heavy atom. The molecular weight excluding hydrogens is 340 g/mol. The van der Waals surface area contributed by atoms with Crippen molar-refractivity contribution < 1.29 is 4.74 Å². The molecule has 0 atom stereocenters. The van der Waals surface area contributed by atoms with Gasteiger partial charge in [-0.1, -0.05) is 18.2 Å². The number of methoxy groups -OCH3 is 1. The van der Waals surface area contributed by atoms with Gasteiger partial charge in [-0.15, -0.1) is 0 Å². The van der Waals surface area contributed by atoms with Crippen molar-refractivity contribution in [2.24, 2.45) is 0 Å². The maximum absolute atomic E-state index is 6.14. The Morgan fingerprint density at radius 3 is 2.41 bits per heavy atom. The maximum atomic E-state index is 6.14.